The number of para-hydroxylation sites is 1. The second-order valence-electron chi connectivity index (χ2n) is 5.66. The van der Waals surface area contributed by atoms with Crippen LogP contribution in [0.5, 0.6) is 11.5 Å². The van der Waals surface area contributed by atoms with Gasteiger partial charge in [0.1, 0.15) is 5.01 Å². The molecule has 5 N–H and O–H groups in total. The number of hydrazone groups is 1. The number of phenolic OH excluding ortho intramolecular Hbond substituents is 2. The van der Waals surface area contributed by atoms with Crippen molar-refractivity contribution in [2.24, 2.45) is 5.10 Å². The summed E-state index contributed by atoms with van der Waals surface area (Å²) in [5, 5.41) is 35.9. The van der Waals surface area contributed by atoms with Gasteiger partial charge in [-0.05, 0) is 35.9 Å². The summed E-state index contributed by atoms with van der Waals surface area (Å²) in [5.41, 5.74) is 3.45. The van der Waals surface area contributed by atoms with Gasteiger partial charge in [0.15, 0.2) is 11.5 Å². The van der Waals surface area contributed by atoms with Gasteiger partial charge in [0.05, 0.1) is 12.6 Å². The maximum absolute atomic E-state index is 11.9. The molecule has 0 unspecified atom stereocenters. The number of phenols is 2. The summed E-state index contributed by atoms with van der Waals surface area (Å²) in [6.45, 7) is 0. The molecule has 0 bridgehead atoms. The highest BCUT2D eigenvalue weighted by Gasteiger charge is 2.11. The summed E-state index contributed by atoms with van der Waals surface area (Å²) >= 11 is 1.07. The lowest BCUT2D eigenvalue weighted by atomic mass is 10.2. The van der Waals surface area contributed by atoms with Crippen molar-refractivity contribution in [3.05, 3.63) is 59.1 Å². The normalized spacial score (nSPS) is 10.6. The molecule has 0 fully saturated rings. The maximum Gasteiger partial charge on any atom is 0.325 e. The first-order chi connectivity index (χ1) is 14.0. The van der Waals surface area contributed by atoms with Crippen LogP contribution in [0, 0.1) is 0 Å². The molecule has 0 aliphatic rings. The zero-order valence-corrected chi connectivity index (χ0v) is 15.7. The molecular weight excluding hydrogens is 396 g/mol. The standard InChI is InChI=1S/C18H16N6O4S/c25-13-7-6-11(8-14(13)26)10-19-22-15(27)9-16-23-24-18(29-16)21-17(28)20-12-4-2-1-3-5-12/h1-8,10,25-26H,9H2,(H,22,27)(H2,20,21,24,28). The van der Waals surface area contributed by atoms with E-state index in [0.717, 1.165) is 11.3 Å². The monoisotopic (exact) mass is 412 g/mol. The summed E-state index contributed by atoms with van der Waals surface area (Å²) in [6, 6.07) is 12.6. The van der Waals surface area contributed by atoms with Crippen molar-refractivity contribution in [1.82, 2.24) is 15.6 Å². The number of rotatable bonds is 6. The number of nitrogens with one attached hydrogen (secondary N) is 3. The number of urea groups is 1. The van der Waals surface area contributed by atoms with Crippen LogP contribution in [0.4, 0.5) is 15.6 Å². The summed E-state index contributed by atoms with van der Waals surface area (Å²) in [4.78, 5) is 23.8. The van der Waals surface area contributed by atoms with E-state index >= 15 is 0 Å². The molecule has 0 saturated carbocycles. The SMILES string of the molecule is O=C(Cc1nnc(NC(=O)Nc2ccccc2)s1)NN=Cc1ccc(O)c(O)c1. The molecule has 3 rings (SSSR count). The Morgan fingerprint density at radius 3 is 2.59 bits per heavy atom. The fraction of sp³-hybridized carbons (Fsp3) is 0.0556. The van der Waals surface area contributed by atoms with Crippen molar-refractivity contribution >= 4 is 40.3 Å². The summed E-state index contributed by atoms with van der Waals surface area (Å²) in [7, 11) is 0. The van der Waals surface area contributed by atoms with Gasteiger partial charge >= 0.3 is 6.03 Å². The number of amides is 3. The molecule has 0 aliphatic carbocycles. The van der Waals surface area contributed by atoms with Crippen molar-refractivity contribution in [3.63, 3.8) is 0 Å². The number of carbonyl (C=O) groups is 2. The van der Waals surface area contributed by atoms with E-state index < -0.39 is 11.9 Å². The van der Waals surface area contributed by atoms with E-state index in [9.17, 15) is 19.8 Å². The Morgan fingerprint density at radius 2 is 1.83 bits per heavy atom. The Hall–Kier alpha value is -3.99. The van der Waals surface area contributed by atoms with Crippen LogP contribution < -0.4 is 16.1 Å². The molecule has 3 aromatic rings. The Bertz CT molecular complexity index is 1040. The fourth-order valence-electron chi connectivity index (χ4n) is 2.13. The van der Waals surface area contributed by atoms with E-state index in [2.05, 4.69) is 31.4 Å². The summed E-state index contributed by atoms with van der Waals surface area (Å²) < 4.78 is 0. The highest BCUT2D eigenvalue weighted by atomic mass is 32.1. The van der Waals surface area contributed by atoms with Gasteiger partial charge in [-0.15, -0.1) is 10.2 Å². The Balaban J connectivity index is 1.47. The van der Waals surface area contributed by atoms with Crippen molar-refractivity contribution in [3.8, 4) is 11.5 Å². The van der Waals surface area contributed by atoms with Crippen LogP contribution in [0.2, 0.25) is 0 Å². The minimum absolute atomic E-state index is 0.0716. The van der Waals surface area contributed by atoms with Crippen LogP contribution in [0.3, 0.4) is 0 Å². The van der Waals surface area contributed by atoms with Gasteiger partial charge in [-0.2, -0.15) is 5.10 Å². The first kappa shape index (κ1) is 19.8. The molecule has 1 heterocycles. The molecule has 0 atom stereocenters. The molecule has 11 heteroatoms. The maximum atomic E-state index is 11.9. The minimum Gasteiger partial charge on any atom is -0.504 e. The summed E-state index contributed by atoms with van der Waals surface area (Å²) in [5.74, 6) is -0.963. The molecule has 0 spiro atoms. The quantitative estimate of drug-likeness (QED) is 0.238. The number of hydrogen-bond donors (Lipinski definition) is 5. The molecule has 148 valence electrons. The number of aromatic hydroxyl groups is 2. The number of benzene rings is 2. The van der Waals surface area contributed by atoms with Gasteiger partial charge in [0.25, 0.3) is 0 Å². The minimum atomic E-state index is -0.467. The molecule has 0 radical (unpaired) electrons. The van der Waals surface area contributed by atoms with E-state index in [1.807, 2.05) is 6.07 Å². The first-order valence-electron chi connectivity index (χ1n) is 8.29. The molecule has 2 aromatic carbocycles. The van der Waals surface area contributed by atoms with Crippen LogP contribution in [0.25, 0.3) is 0 Å². The number of anilines is 2. The lowest BCUT2D eigenvalue weighted by Crippen LogP contribution is -2.19. The zero-order chi connectivity index (χ0) is 20.6. The second-order valence-corrected chi connectivity index (χ2v) is 6.73. The third-order valence-electron chi connectivity index (χ3n) is 3.43. The van der Waals surface area contributed by atoms with Gasteiger partial charge in [-0.25, -0.2) is 10.2 Å². The highest BCUT2D eigenvalue weighted by molar-refractivity contribution is 7.15. The van der Waals surface area contributed by atoms with Gasteiger partial charge in [0, 0.05) is 5.69 Å². The van der Waals surface area contributed by atoms with Crippen LogP contribution >= 0.6 is 11.3 Å². The Kier molecular flexibility index (Phi) is 6.32. The Morgan fingerprint density at radius 1 is 1.03 bits per heavy atom. The third-order valence-corrected chi connectivity index (χ3v) is 4.27. The molecule has 1 aromatic heterocycles. The van der Waals surface area contributed by atoms with Crippen LogP contribution in [0.1, 0.15) is 10.6 Å². The lowest BCUT2D eigenvalue weighted by Gasteiger charge is -2.03. The molecule has 0 aliphatic heterocycles. The molecule has 0 saturated heterocycles. The zero-order valence-electron chi connectivity index (χ0n) is 14.9. The molecule has 29 heavy (non-hydrogen) atoms. The average Bonchev–Trinajstić information content (AvgIpc) is 3.12. The molecule has 3 amide bonds. The van der Waals surface area contributed by atoms with Gasteiger partial charge in [0.2, 0.25) is 11.0 Å². The predicted octanol–water partition coefficient (Wildman–Crippen LogP) is 2.29. The van der Waals surface area contributed by atoms with Crippen LogP contribution in [-0.2, 0) is 11.2 Å². The van der Waals surface area contributed by atoms with Crippen molar-refractivity contribution in [1.29, 1.82) is 0 Å². The average molecular weight is 412 g/mol. The van der Waals surface area contributed by atoms with Gasteiger partial charge < -0.3 is 15.5 Å². The fourth-order valence-corrected chi connectivity index (χ4v) is 2.87. The molecule has 10 nitrogen and oxygen atoms in total. The lowest BCUT2D eigenvalue weighted by molar-refractivity contribution is -0.120. The number of nitrogens with zero attached hydrogens (tertiary/aromatic N) is 3. The van der Waals surface area contributed by atoms with Crippen LogP contribution in [-0.4, -0.2) is 38.6 Å². The van der Waals surface area contributed by atoms with E-state index in [0.29, 0.717) is 16.3 Å². The van der Waals surface area contributed by atoms with Gasteiger partial charge in [-0.1, -0.05) is 29.5 Å². The van der Waals surface area contributed by atoms with Crippen molar-refractivity contribution < 1.29 is 19.8 Å². The number of carbonyl (C=O) groups excluding carboxylic acids is 2. The first-order valence-corrected chi connectivity index (χ1v) is 9.10. The van der Waals surface area contributed by atoms with E-state index in [1.54, 1.807) is 24.3 Å². The number of hydrogen-bond acceptors (Lipinski definition) is 8. The summed E-state index contributed by atoms with van der Waals surface area (Å²) in [6.07, 6.45) is 1.25. The second kappa shape index (κ2) is 9.28. The predicted molar refractivity (Wildman–Crippen MR) is 108 cm³/mol. The topological polar surface area (TPSA) is 149 Å². The smallest absolute Gasteiger partial charge is 0.325 e. The largest absolute Gasteiger partial charge is 0.504 e. The van der Waals surface area contributed by atoms with E-state index in [1.165, 1.54) is 24.4 Å². The van der Waals surface area contributed by atoms with E-state index in [4.69, 9.17) is 0 Å². The van der Waals surface area contributed by atoms with Crippen molar-refractivity contribution in [2.75, 3.05) is 10.6 Å². The highest BCUT2D eigenvalue weighted by Crippen LogP contribution is 2.24. The van der Waals surface area contributed by atoms with E-state index in [-0.39, 0.29) is 23.1 Å². The Labute approximate surface area is 168 Å². The van der Waals surface area contributed by atoms with Crippen LogP contribution in [0.15, 0.2) is 53.6 Å². The number of aromatic nitrogens is 2. The van der Waals surface area contributed by atoms with Gasteiger partial charge in [-0.3, -0.25) is 10.1 Å². The third kappa shape index (κ3) is 6.01. The van der Waals surface area contributed by atoms with Crippen molar-refractivity contribution in [2.45, 2.75) is 6.42 Å². The molecular formula is C18H16N6O4S.